The normalized spacial score (nSPS) is 12.2. The van der Waals surface area contributed by atoms with Gasteiger partial charge in [0.15, 0.2) is 0 Å². The summed E-state index contributed by atoms with van der Waals surface area (Å²) in [4.78, 5) is 31.8. The van der Waals surface area contributed by atoms with Gasteiger partial charge in [0, 0.05) is 17.9 Å². The van der Waals surface area contributed by atoms with Crippen molar-refractivity contribution in [1.29, 1.82) is 0 Å². The number of urea groups is 1. The molecule has 0 aliphatic heterocycles. The van der Waals surface area contributed by atoms with Crippen LogP contribution in [0.4, 0.5) is 4.79 Å². The van der Waals surface area contributed by atoms with Crippen molar-refractivity contribution in [3.8, 4) is 0 Å². The summed E-state index contributed by atoms with van der Waals surface area (Å²) in [6.07, 6.45) is 0. The van der Waals surface area contributed by atoms with E-state index in [9.17, 15) is 9.59 Å². The molecule has 0 saturated heterocycles. The van der Waals surface area contributed by atoms with Gasteiger partial charge < -0.3 is 5.32 Å². The van der Waals surface area contributed by atoms with Gasteiger partial charge >= 0.3 is 6.03 Å². The molecule has 118 valence electrons. The summed E-state index contributed by atoms with van der Waals surface area (Å²) in [6.45, 7) is 7.72. The van der Waals surface area contributed by atoms with Crippen LogP contribution in [-0.4, -0.2) is 43.3 Å². The lowest BCUT2D eigenvalue weighted by molar-refractivity contribution is -0.119. The number of nitrogens with zero attached hydrogens (tertiary/aromatic N) is 4. The Labute approximate surface area is 132 Å². The summed E-state index contributed by atoms with van der Waals surface area (Å²) in [5, 5.41) is 9.03. The maximum atomic E-state index is 11.9. The minimum absolute atomic E-state index is 0.393. The maximum absolute atomic E-state index is 11.9. The first-order chi connectivity index (χ1) is 10.4. The predicted octanol–water partition coefficient (Wildman–Crippen LogP) is 1.07. The number of carbonyl (C=O) groups excluding carboxylic acids is 2. The SMILES string of the molecule is CCNC(=O)NC(=O)C(C)Sc1nc2nc(C)cc(C)n2n1. The number of aromatic nitrogens is 4. The Morgan fingerprint density at radius 2 is 2.09 bits per heavy atom. The van der Waals surface area contributed by atoms with E-state index in [1.807, 2.05) is 19.9 Å². The quantitative estimate of drug-likeness (QED) is 0.817. The maximum Gasteiger partial charge on any atom is 0.321 e. The Morgan fingerprint density at radius 3 is 2.77 bits per heavy atom. The third kappa shape index (κ3) is 3.73. The van der Waals surface area contributed by atoms with E-state index in [4.69, 9.17) is 0 Å². The molecule has 9 heteroatoms. The van der Waals surface area contributed by atoms with Crippen molar-refractivity contribution in [2.75, 3.05) is 6.54 Å². The molecule has 1 unspecified atom stereocenters. The molecule has 0 bridgehead atoms. The van der Waals surface area contributed by atoms with Crippen molar-refractivity contribution < 1.29 is 9.59 Å². The van der Waals surface area contributed by atoms with Crippen molar-refractivity contribution >= 4 is 29.5 Å². The number of hydrogen-bond donors (Lipinski definition) is 2. The summed E-state index contributed by atoms with van der Waals surface area (Å²) < 4.78 is 1.63. The summed E-state index contributed by atoms with van der Waals surface area (Å²) in [6, 6.07) is 1.40. The molecule has 8 nitrogen and oxygen atoms in total. The fourth-order valence-corrected chi connectivity index (χ4v) is 2.57. The minimum Gasteiger partial charge on any atom is -0.338 e. The second-order valence-corrected chi connectivity index (χ2v) is 6.06. The van der Waals surface area contributed by atoms with Gasteiger partial charge in [-0.2, -0.15) is 4.98 Å². The summed E-state index contributed by atoms with van der Waals surface area (Å²) >= 11 is 1.18. The molecule has 0 saturated carbocycles. The number of aryl methyl sites for hydroxylation is 2. The van der Waals surface area contributed by atoms with Gasteiger partial charge in [0.1, 0.15) is 0 Å². The molecule has 22 heavy (non-hydrogen) atoms. The van der Waals surface area contributed by atoms with Gasteiger partial charge in [-0.3, -0.25) is 10.1 Å². The molecular weight excluding hydrogens is 304 g/mol. The largest absolute Gasteiger partial charge is 0.338 e. The Hall–Kier alpha value is -2.16. The van der Waals surface area contributed by atoms with E-state index in [0.29, 0.717) is 17.5 Å². The molecule has 3 amide bonds. The highest BCUT2D eigenvalue weighted by atomic mass is 32.2. The topological polar surface area (TPSA) is 101 Å². The second kappa shape index (κ2) is 6.73. The van der Waals surface area contributed by atoms with E-state index >= 15 is 0 Å². The first kappa shape index (κ1) is 16.2. The van der Waals surface area contributed by atoms with Crippen LogP contribution in [0.5, 0.6) is 0 Å². The first-order valence-electron chi connectivity index (χ1n) is 6.87. The fraction of sp³-hybridized carbons (Fsp3) is 0.462. The summed E-state index contributed by atoms with van der Waals surface area (Å²) in [5.74, 6) is 0.104. The molecule has 2 N–H and O–H groups in total. The van der Waals surface area contributed by atoms with E-state index in [0.717, 1.165) is 11.4 Å². The van der Waals surface area contributed by atoms with Gasteiger partial charge in [-0.1, -0.05) is 11.8 Å². The van der Waals surface area contributed by atoms with Crippen LogP contribution in [0.1, 0.15) is 25.2 Å². The third-order valence-electron chi connectivity index (χ3n) is 2.82. The third-order valence-corrected chi connectivity index (χ3v) is 3.78. The van der Waals surface area contributed by atoms with Crippen LogP contribution < -0.4 is 10.6 Å². The van der Waals surface area contributed by atoms with Crippen molar-refractivity contribution in [3.05, 3.63) is 17.5 Å². The van der Waals surface area contributed by atoms with Crippen LogP contribution in [0.25, 0.3) is 5.78 Å². The number of rotatable bonds is 4. The molecule has 2 aromatic rings. The Kier molecular flexibility index (Phi) is 4.96. The molecule has 2 rings (SSSR count). The molecule has 0 aliphatic rings. The number of fused-ring (bicyclic) bond motifs is 1. The lowest BCUT2D eigenvalue weighted by Crippen LogP contribution is -2.42. The van der Waals surface area contributed by atoms with Gasteiger partial charge in [-0.05, 0) is 33.8 Å². The number of amides is 3. The Morgan fingerprint density at radius 1 is 1.36 bits per heavy atom. The van der Waals surface area contributed by atoms with Crippen LogP contribution >= 0.6 is 11.8 Å². The zero-order chi connectivity index (χ0) is 16.3. The highest BCUT2D eigenvalue weighted by molar-refractivity contribution is 8.00. The Bertz CT molecular complexity index is 714. The Balaban J connectivity index is 2.08. The number of thioether (sulfide) groups is 1. The van der Waals surface area contributed by atoms with Gasteiger partial charge in [0.05, 0.1) is 5.25 Å². The lowest BCUT2D eigenvalue weighted by Gasteiger charge is -2.09. The van der Waals surface area contributed by atoms with Crippen molar-refractivity contribution in [1.82, 2.24) is 30.2 Å². The minimum atomic E-state index is -0.504. The molecule has 0 radical (unpaired) electrons. The predicted molar refractivity (Wildman–Crippen MR) is 82.8 cm³/mol. The van der Waals surface area contributed by atoms with Crippen molar-refractivity contribution in [3.63, 3.8) is 0 Å². The monoisotopic (exact) mass is 322 g/mol. The van der Waals surface area contributed by atoms with Crippen molar-refractivity contribution in [2.45, 2.75) is 38.1 Å². The molecule has 0 aliphatic carbocycles. The van der Waals surface area contributed by atoms with Crippen LogP contribution in [0.3, 0.4) is 0 Å². The van der Waals surface area contributed by atoms with Crippen LogP contribution in [0.15, 0.2) is 11.2 Å². The summed E-state index contributed by atoms with van der Waals surface area (Å²) in [7, 11) is 0. The van der Waals surface area contributed by atoms with E-state index in [1.165, 1.54) is 11.8 Å². The van der Waals surface area contributed by atoms with Gasteiger partial charge in [-0.15, -0.1) is 5.10 Å². The second-order valence-electron chi connectivity index (χ2n) is 4.75. The average molecular weight is 322 g/mol. The molecule has 1 atom stereocenters. The van der Waals surface area contributed by atoms with E-state index in [1.54, 1.807) is 18.4 Å². The molecule has 0 aromatic carbocycles. The lowest BCUT2D eigenvalue weighted by atomic mass is 10.4. The molecular formula is C13H18N6O2S. The zero-order valence-corrected chi connectivity index (χ0v) is 13.7. The van der Waals surface area contributed by atoms with Crippen molar-refractivity contribution in [2.24, 2.45) is 0 Å². The van der Waals surface area contributed by atoms with E-state index in [-0.39, 0.29) is 0 Å². The highest BCUT2D eigenvalue weighted by Gasteiger charge is 2.19. The summed E-state index contributed by atoms with van der Waals surface area (Å²) in [5.41, 5.74) is 1.78. The highest BCUT2D eigenvalue weighted by Crippen LogP contribution is 2.20. The van der Waals surface area contributed by atoms with Crippen LogP contribution in [0, 0.1) is 13.8 Å². The number of carbonyl (C=O) groups is 2. The van der Waals surface area contributed by atoms with Crippen LogP contribution in [-0.2, 0) is 4.79 Å². The molecule has 2 aromatic heterocycles. The smallest absolute Gasteiger partial charge is 0.321 e. The fourth-order valence-electron chi connectivity index (χ4n) is 1.83. The molecule has 0 spiro atoms. The number of imide groups is 1. The molecule has 0 fully saturated rings. The zero-order valence-electron chi connectivity index (χ0n) is 12.9. The molecule has 2 heterocycles. The van der Waals surface area contributed by atoms with Gasteiger partial charge in [-0.25, -0.2) is 14.3 Å². The first-order valence-corrected chi connectivity index (χ1v) is 7.75. The van der Waals surface area contributed by atoms with Gasteiger partial charge in [0.25, 0.3) is 5.78 Å². The van der Waals surface area contributed by atoms with Gasteiger partial charge in [0.2, 0.25) is 11.1 Å². The van der Waals surface area contributed by atoms with E-state index < -0.39 is 17.2 Å². The average Bonchev–Trinajstić information content (AvgIpc) is 2.81. The number of hydrogen-bond acceptors (Lipinski definition) is 6. The standard InChI is InChI=1S/C13H18N6O2S/c1-5-14-12(21)16-10(20)9(4)22-13-17-11-15-7(2)6-8(3)19(11)18-13/h6,9H,5H2,1-4H3,(H2,14,16,20,21). The van der Waals surface area contributed by atoms with E-state index in [2.05, 4.69) is 25.7 Å². The van der Waals surface area contributed by atoms with Crippen LogP contribution in [0.2, 0.25) is 0 Å². The number of nitrogens with one attached hydrogen (secondary N) is 2.